The Kier molecular flexibility index (Phi) is 5.83. The fourth-order valence-corrected chi connectivity index (χ4v) is 2.46. The maximum atomic E-state index is 12.2. The van der Waals surface area contributed by atoms with E-state index in [4.69, 9.17) is 9.47 Å². The van der Waals surface area contributed by atoms with Gasteiger partial charge in [-0.3, -0.25) is 4.79 Å². The lowest BCUT2D eigenvalue weighted by Crippen LogP contribution is -2.22. The first kappa shape index (κ1) is 16.4. The zero-order valence-corrected chi connectivity index (χ0v) is 14.1. The summed E-state index contributed by atoms with van der Waals surface area (Å²) in [6.45, 7) is 2.87. The van der Waals surface area contributed by atoms with Crippen LogP contribution in [-0.2, 0) is 6.54 Å². The highest BCUT2D eigenvalue weighted by Gasteiger charge is 2.11. The van der Waals surface area contributed by atoms with Crippen molar-refractivity contribution in [3.05, 3.63) is 58.1 Å². The summed E-state index contributed by atoms with van der Waals surface area (Å²) in [6, 6.07) is 13.0. The minimum atomic E-state index is -0.149. The number of halogens is 1. The molecular formula is C17H18BrNO3. The van der Waals surface area contributed by atoms with Crippen LogP contribution in [0.3, 0.4) is 0 Å². The highest BCUT2D eigenvalue weighted by atomic mass is 79.9. The van der Waals surface area contributed by atoms with Crippen LogP contribution in [0.4, 0.5) is 0 Å². The van der Waals surface area contributed by atoms with E-state index in [1.165, 1.54) is 0 Å². The lowest BCUT2D eigenvalue weighted by atomic mass is 10.1. The number of nitrogens with one attached hydrogen (secondary N) is 1. The van der Waals surface area contributed by atoms with E-state index in [0.29, 0.717) is 30.2 Å². The van der Waals surface area contributed by atoms with E-state index in [0.717, 1.165) is 10.0 Å². The molecule has 0 spiro atoms. The second kappa shape index (κ2) is 7.84. The molecule has 2 rings (SSSR count). The third kappa shape index (κ3) is 4.24. The second-order valence-corrected chi connectivity index (χ2v) is 5.53. The monoisotopic (exact) mass is 363 g/mol. The normalized spacial score (nSPS) is 10.1. The summed E-state index contributed by atoms with van der Waals surface area (Å²) in [5, 5.41) is 2.89. The third-order valence-corrected chi connectivity index (χ3v) is 3.56. The molecule has 0 unspecified atom stereocenters. The van der Waals surface area contributed by atoms with Crippen molar-refractivity contribution < 1.29 is 14.3 Å². The lowest BCUT2D eigenvalue weighted by Gasteiger charge is -2.11. The van der Waals surface area contributed by atoms with Crippen LogP contribution < -0.4 is 14.8 Å². The fraction of sp³-hybridized carbons (Fsp3) is 0.235. The second-order valence-electron chi connectivity index (χ2n) is 4.61. The molecule has 0 aliphatic rings. The number of methoxy groups -OCH3 is 1. The molecule has 4 nitrogen and oxygen atoms in total. The molecule has 0 heterocycles. The first-order chi connectivity index (χ1) is 10.6. The van der Waals surface area contributed by atoms with E-state index < -0.39 is 0 Å². The van der Waals surface area contributed by atoms with E-state index in [1.807, 2.05) is 31.2 Å². The van der Waals surface area contributed by atoms with Gasteiger partial charge >= 0.3 is 0 Å². The number of ether oxygens (including phenoxy) is 2. The van der Waals surface area contributed by atoms with Gasteiger partial charge in [-0.05, 0) is 42.8 Å². The van der Waals surface area contributed by atoms with Crippen LogP contribution in [0, 0.1) is 0 Å². The molecule has 0 aromatic heterocycles. The van der Waals surface area contributed by atoms with E-state index >= 15 is 0 Å². The average Bonchev–Trinajstić information content (AvgIpc) is 2.53. The summed E-state index contributed by atoms with van der Waals surface area (Å²) in [7, 11) is 1.57. The molecule has 0 saturated heterocycles. The maximum Gasteiger partial charge on any atom is 0.251 e. The van der Waals surface area contributed by atoms with Gasteiger partial charge in [0.1, 0.15) is 0 Å². The number of hydrogen-bond donors (Lipinski definition) is 1. The smallest absolute Gasteiger partial charge is 0.251 e. The van der Waals surface area contributed by atoms with E-state index in [9.17, 15) is 4.79 Å². The molecule has 22 heavy (non-hydrogen) atoms. The summed E-state index contributed by atoms with van der Waals surface area (Å²) >= 11 is 3.41. The molecule has 0 atom stereocenters. The summed E-state index contributed by atoms with van der Waals surface area (Å²) < 4.78 is 11.7. The molecule has 1 amide bonds. The highest BCUT2D eigenvalue weighted by molar-refractivity contribution is 9.10. The highest BCUT2D eigenvalue weighted by Crippen LogP contribution is 2.28. The molecule has 116 valence electrons. The maximum absolute atomic E-state index is 12.2. The summed E-state index contributed by atoms with van der Waals surface area (Å²) in [5.74, 6) is 1.04. The van der Waals surface area contributed by atoms with Gasteiger partial charge in [0.15, 0.2) is 11.5 Å². The van der Waals surface area contributed by atoms with Crippen LogP contribution in [0.25, 0.3) is 0 Å². The largest absolute Gasteiger partial charge is 0.493 e. The number of carbonyl (C=O) groups excluding carboxylic acids is 1. The van der Waals surface area contributed by atoms with Crippen molar-refractivity contribution in [3.63, 3.8) is 0 Å². The summed E-state index contributed by atoms with van der Waals surface area (Å²) in [5.41, 5.74) is 1.57. The standard InChI is InChI=1S/C17H18BrNO3/c1-3-22-16-10-13(7-8-15(16)21-2)17(20)19-11-12-5-4-6-14(18)9-12/h4-10H,3,11H2,1-2H3,(H,19,20). The van der Waals surface area contributed by atoms with Crippen molar-refractivity contribution >= 4 is 21.8 Å². The molecule has 5 heteroatoms. The Hall–Kier alpha value is -2.01. The van der Waals surface area contributed by atoms with E-state index in [1.54, 1.807) is 25.3 Å². The molecule has 0 aliphatic heterocycles. The minimum absolute atomic E-state index is 0.149. The molecule has 0 aliphatic carbocycles. The molecular weight excluding hydrogens is 346 g/mol. The molecule has 0 bridgehead atoms. The van der Waals surface area contributed by atoms with Crippen LogP contribution in [-0.4, -0.2) is 19.6 Å². The number of carbonyl (C=O) groups is 1. The topological polar surface area (TPSA) is 47.6 Å². The van der Waals surface area contributed by atoms with Gasteiger partial charge < -0.3 is 14.8 Å². The van der Waals surface area contributed by atoms with Crippen molar-refractivity contribution in [2.24, 2.45) is 0 Å². The number of rotatable bonds is 6. The minimum Gasteiger partial charge on any atom is -0.493 e. The summed E-state index contributed by atoms with van der Waals surface area (Å²) in [6.07, 6.45) is 0. The Morgan fingerprint density at radius 1 is 1.18 bits per heavy atom. The molecule has 1 N–H and O–H groups in total. The van der Waals surface area contributed by atoms with Gasteiger partial charge in [0.05, 0.1) is 13.7 Å². The molecule has 2 aromatic carbocycles. The Bertz CT molecular complexity index is 658. The quantitative estimate of drug-likeness (QED) is 0.849. The van der Waals surface area contributed by atoms with Gasteiger partial charge in [0, 0.05) is 16.6 Å². The van der Waals surface area contributed by atoms with Crippen LogP contribution in [0.1, 0.15) is 22.8 Å². The van der Waals surface area contributed by atoms with E-state index in [-0.39, 0.29) is 5.91 Å². The Morgan fingerprint density at radius 2 is 2.00 bits per heavy atom. The van der Waals surface area contributed by atoms with Gasteiger partial charge in [0.25, 0.3) is 5.91 Å². The van der Waals surface area contributed by atoms with Crippen molar-refractivity contribution in [1.29, 1.82) is 0 Å². The zero-order valence-electron chi connectivity index (χ0n) is 12.6. The third-order valence-electron chi connectivity index (χ3n) is 3.07. The Balaban J connectivity index is 2.07. The van der Waals surface area contributed by atoms with Gasteiger partial charge in [-0.25, -0.2) is 0 Å². The molecule has 0 radical (unpaired) electrons. The summed E-state index contributed by atoms with van der Waals surface area (Å²) in [4.78, 5) is 12.2. The van der Waals surface area contributed by atoms with Gasteiger partial charge in [-0.1, -0.05) is 28.1 Å². The zero-order chi connectivity index (χ0) is 15.9. The SMILES string of the molecule is CCOc1cc(C(=O)NCc2cccc(Br)c2)ccc1OC. The van der Waals surface area contributed by atoms with Crippen molar-refractivity contribution in [1.82, 2.24) is 5.32 Å². The predicted molar refractivity (Wildman–Crippen MR) is 89.5 cm³/mol. The van der Waals surface area contributed by atoms with Crippen molar-refractivity contribution in [3.8, 4) is 11.5 Å². The van der Waals surface area contributed by atoms with Crippen molar-refractivity contribution in [2.75, 3.05) is 13.7 Å². The number of hydrogen-bond acceptors (Lipinski definition) is 3. The van der Waals surface area contributed by atoms with Gasteiger partial charge in [-0.15, -0.1) is 0 Å². The van der Waals surface area contributed by atoms with Crippen LogP contribution in [0.2, 0.25) is 0 Å². The Labute approximate surface area is 138 Å². The molecule has 0 fully saturated rings. The van der Waals surface area contributed by atoms with Gasteiger partial charge in [-0.2, -0.15) is 0 Å². The lowest BCUT2D eigenvalue weighted by molar-refractivity contribution is 0.0950. The number of benzene rings is 2. The van der Waals surface area contributed by atoms with Crippen molar-refractivity contribution in [2.45, 2.75) is 13.5 Å². The van der Waals surface area contributed by atoms with Crippen LogP contribution >= 0.6 is 15.9 Å². The first-order valence-corrected chi connectivity index (χ1v) is 7.76. The predicted octanol–water partition coefficient (Wildman–Crippen LogP) is 3.79. The van der Waals surface area contributed by atoms with Gasteiger partial charge in [0.2, 0.25) is 0 Å². The van der Waals surface area contributed by atoms with E-state index in [2.05, 4.69) is 21.2 Å². The number of amides is 1. The fourth-order valence-electron chi connectivity index (χ4n) is 2.02. The molecule has 0 saturated carbocycles. The van der Waals surface area contributed by atoms with Crippen LogP contribution in [0.15, 0.2) is 46.9 Å². The molecule has 2 aromatic rings. The van der Waals surface area contributed by atoms with Crippen LogP contribution in [0.5, 0.6) is 11.5 Å². The Morgan fingerprint density at radius 3 is 2.68 bits per heavy atom. The first-order valence-electron chi connectivity index (χ1n) is 6.97. The average molecular weight is 364 g/mol.